The maximum absolute atomic E-state index is 5.71. The highest BCUT2D eigenvalue weighted by atomic mass is 15.7. The van der Waals surface area contributed by atoms with E-state index < -0.39 is 11.8 Å². The molecule has 10 aliphatic rings. The van der Waals surface area contributed by atoms with Gasteiger partial charge in [-0.05, 0) is 88.1 Å². The van der Waals surface area contributed by atoms with E-state index in [0.29, 0.717) is 0 Å². The summed E-state index contributed by atoms with van der Waals surface area (Å²) in [7, 11) is 0. The molecule has 15 heterocycles. The van der Waals surface area contributed by atoms with Crippen molar-refractivity contribution in [2.45, 2.75) is 11.8 Å². The van der Waals surface area contributed by atoms with Crippen LogP contribution in [-0.4, -0.2) is 39.7 Å². The van der Waals surface area contributed by atoms with Gasteiger partial charge in [0, 0.05) is 36.5 Å². The fourth-order valence-corrected chi connectivity index (χ4v) is 13.1. The Morgan fingerprint density at radius 3 is 1.52 bits per heavy atom. The molecule has 2 unspecified atom stereocenters. The quantitative estimate of drug-likeness (QED) is 0.119. The van der Waals surface area contributed by atoms with Crippen LogP contribution in [0.3, 0.4) is 0 Å². The molecule has 10 heteroatoms. The first-order valence-corrected chi connectivity index (χ1v) is 18.7. The van der Waals surface area contributed by atoms with E-state index in [0.717, 1.165) is 33.1 Å². The SMILES string of the molecule is C1=CC2=[N+]3C1=c1cccc4nc5c6nc7cccc8c7[n+]7c6c6c9c5[n+](c14)C31n3c(ccc3=c3ccc4c(c3[n+]91)[n+]6C71n3c(ccc3=8)=CC3=[N+]1C=4C=C3)=C2. The molecule has 10 nitrogen and oxygen atoms in total. The number of hydrogen-bond donors (Lipinski definition) is 0. The molecule has 238 valence electrons. The number of allylic oxidation sites excluding steroid dienone is 2. The van der Waals surface area contributed by atoms with Crippen LogP contribution >= 0.6 is 0 Å². The Kier molecular flexibility index (Phi) is 2.67. The average Bonchev–Trinajstić information content (AvgIpc) is 4.06. The summed E-state index contributed by atoms with van der Waals surface area (Å²) < 4.78 is 21.2. The van der Waals surface area contributed by atoms with Gasteiger partial charge in [-0.1, -0.05) is 12.1 Å². The van der Waals surface area contributed by atoms with Crippen molar-refractivity contribution >= 4 is 101 Å². The van der Waals surface area contributed by atoms with E-state index in [1.807, 2.05) is 0 Å². The molecule has 0 radical (unpaired) electrons. The minimum atomic E-state index is -0.782. The van der Waals surface area contributed by atoms with E-state index in [2.05, 4.69) is 146 Å². The third kappa shape index (κ3) is 1.66. The molecule has 10 aliphatic heterocycles. The van der Waals surface area contributed by atoms with Crippen molar-refractivity contribution in [2.75, 3.05) is 0 Å². The molecule has 54 heavy (non-hydrogen) atoms. The Hall–Kier alpha value is -7.46. The highest BCUT2D eigenvalue weighted by Gasteiger charge is 2.84. The van der Waals surface area contributed by atoms with Crippen LogP contribution < -0.4 is 39.4 Å². The number of fused-ring (bicyclic) bond motifs is 1. The Labute approximate surface area is 298 Å². The second-order valence-electron chi connectivity index (χ2n) is 16.3. The highest BCUT2D eigenvalue weighted by molar-refractivity contribution is 6.20. The predicted octanol–water partition coefficient (Wildman–Crippen LogP) is -0.816. The molecule has 2 atom stereocenters. The van der Waals surface area contributed by atoms with Gasteiger partial charge in [-0.2, -0.15) is 9.13 Å². The predicted molar refractivity (Wildman–Crippen MR) is 193 cm³/mol. The zero-order valence-corrected chi connectivity index (χ0v) is 27.9. The van der Waals surface area contributed by atoms with E-state index >= 15 is 0 Å². The van der Waals surface area contributed by atoms with Crippen molar-refractivity contribution in [3.8, 4) is 0 Å². The van der Waals surface area contributed by atoms with Crippen LogP contribution in [0.1, 0.15) is 0 Å². The molecular formula is C44H18N10+6. The monoisotopic (exact) mass is 686 g/mol. The lowest BCUT2D eigenvalue weighted by molar-refractivity contribution is -1.09. The third-order valence-electron chi connectivity index (χ3n) is 14.5. The first kappa shape index (κ1) is 23.2. The second-order valence-corrected chi connectivity index (χ2v) is 16.3. The van der Waals surface area contributed by atoms with Gasteiger partial charge >= 0.3 is 44.9 Å². The average molecular weight is 687 g/mol. The van der Waals surface area contributed by atoms with Gasteiger partial charge in [0.1, 0.15) is 21.5 Å². The molecule has 0 saturated carbocycles. The Morgan fingerprint density at radius 2 is 0.907 bits per heavy atom. The molecule has 0 aliphatic carbocycles. The van der Waals surface area contributed by atoms with Crippen molar-refractivity contribution in [3.63, 3.8) is 0 Å². The first-order valence-electron chi connectivity index (χ1n) is 18.7. The van der Waals surface area contributed by atoms with Crippen molar-refractivity contribution in [1.82, 2.24) is 19.1 Å². The van der Waals surface area contributed by atoms with Crippen molar-refractivity contribution in [3.05, 3.63) is 139 Å². The lowest BCUT2D eigenvalue weighted by atomic mass is 10.1. The molecule has 0 N–H and O–H groups in total. The van der Waals surface area contributed by atoms with Gasteiger partial charge in [0.25, 0.3) is 11.0 Å². The smallest absolute Gasteiger partial charge is 0.232 e. The Morgan fingerprint density at radius 1 is 0.426 bits per heavy atom. The van der Waals surface area contributed by atoms with Crippen LogP contribution in [0.15, 0.2) is 97.1 Å². The molecule has 0 saturated heterocycles. The summed E-state index contributed by atoms with van der Waals surface area (Å²) in [5.74, 6) is -1.56. The maximum atomic E-state index is 5.71. The van der Waals surface area contributed by atoms with Gasteiger partial charge in [-0.15, -0.1) is 0 Å². The zero-order valence-electron chi connectivity index (χ0n) is 27.9. The number of hydrogen-bond acceptors (Lipinski definition) is 2. The standard InChI is InChI=1S/C44H18N10/c1-3-23-29-13-7-19-17-21-9-15-31-25-11-12-26-32-16-10-22-18-20-8-14-30-24-4-2-6-28-36(24)52-40-34(46-28)33-39-41-42(40)54(44(52,48(20)30)50(22)32)38(26)37(25)53(41)43(47(19)29,49(21)31)51(39)35(23)27(5-1)45-33/h1-18H/q+6. The molecule has 0 amide bonds. The molecule has 19 rings (SSSR count). The van der Waals surface area contributed by atoms with Crippen molar-refractivity contribution in [1.29, 1.82) is 0 Å². The maximum Gasteiger partial charge on any atom is 0.668 e. The fourth-order valence-electron chi connectivity index (χ4n) is 13.1. The normalized spacial score (nSPS) is 23.6. The van der Waals surface area contributed by atoms with Crippen molar-refractivity contribution in [2.24, 2.45) is 0 Å². The topological polar surface area (TPSA) is 57.2 Å². The van der Waals surface area contributed by atoms with Gasteiger partial charge in [0.05, 0.1) is 31.8 Å². The number of benzene rings is 4. The third-order valence-corrected chi connectivity index (χ3v) is 14.5. The summed E-state index contributed by atoms with van der Waals surface area (Å²) in [4.78, 5) is 11.4. The number of aromatic nitrogens is 8. The molecule has 5 aromatic heterocycles. The first-order chi connectivity index (χ1) is 26.8. The Bertz CT molecular complexity index is 4540. The molecule has 2 spiro atoms. The summed E-state index contributed by atoms with van der Waals surface area (Å²) in [5, 5.41) is 9.76. The lowest BCUT2D eigenvalue weighted by Crippen LogP contribution is -2.86. The molecular weight excluding hydrogens is 669 g/mol. The van der Waals surface area contributed by atoms with Gasteiger partial charge in [-0.3, -0.25) is 0 Å². The van der Waals surface area contributed by atoms with Crippen LogP contribution in [0.5, 0.6) is 0 Å². The largest absolute Gasteiger partial charge is 0.668 e. The van der Waals surface area contributed by atoms with Gasteiger partial charge in [-0.25, -0.2) is 9.97 Å². The van der Waals surface area contributed by atoms with Crippen LogP contribution in [0.25, 0.3) is 89.7 Å². The summed E-state index contributed by atoms with van der Waals surface area (Å²) >= 11 is 0. The highest BCUT2D eigenvalue weighted by Crippen LogP contribution is 2.45. The van der Waals surface area contributed by atoms with Crippen LogP contribution in [0, 0.1) is 21.1 Å². The molecule has 0 bridgehead atoms. The van der Waals surface area contributed by atoms with Gasteiger partial charge in [0.2, 0.25) is 22.8 Å². The Balaban J connectivity index is 1.31. The van der Waals surface area contributed by atoms with Crippen LogP contribution in [-0.2, 0) is 11.8 Å². The van der Waals surface area contributed by atoms with E-state index in [1.165, 1.54) is 98.2 Å². The minimum Gasteiger partial charge on any atom is -0.232 e. The van der Waals surface area contributed by atoms with Crippen LogP contribution in [0.2, 0.25) is 0 Å². The van der Waals surface area contributed by atoms with Gasteiger partial charge < -0.3 is 0 Å². The molecule has 9 aromatic rings. The van der Waals surface area contributed by atoms with Crippen LogP contribution in [0.4, 0.5) is 0 Å². The summed E-state index contributed by atoms with van der Waals surface area (Å²) in [5.41, 5.74) is 18.2. The molecule has 4 aromatic carbocycles. The van der Waals surface area contributed by atoms with E-state index in [9.17, 15) is 0 Å². The van der Waals surface area contributed by atoms with E-state index in [4.69, 9.17) is 9.97 Å². The zero-order chi connectivity index (χ0) is 33.6. The van der Waals surface area contributed by atoms with Crippen molar-refractivity contribution < 1.29 is 27.4 Å². The fraction of sp³-hybridized carbons (Fsp3) is 0.0455. The summed E-state index contributed by atoms with van der Waals surface area (Å²) in [6.45, 7) is 0. The van der Waals surface area contributed by atoms with Gasteiger partial charge in [0.15, 0.2) is 11.0 Å². The lowest BCUT2D eigenvalue weighted by Gasteiger charge is -2.27. The van der Waals surface area contributed by atoms with E-state index in [1.54, 1.807) is 0 Å². The summed E-state index contributed by atoms with van der Waals surface area (Å²) in [6.07, 6.45) is 14.0. The number of nitrogens with zero attached hydrogens (tertiary/aromatic N) is 10. The number of rotatable bonds is 0. The second kappa shape index (κ2) is 6.22. The number of para-hydroxylation sites is 2. The van der Waals surface area contributed by atoms with E-state index in [-0.39, 0.29) is 0 Å². The summed E-state index contributed by atoms with van der Waals surface area (Å²) in [6, 6.07) is 27.4. The minimum absolute atomic E-state index is 0.782. The molecule has 0 fully saturated rings.